The topological polar surface area (TPSA) is 262 Å². The number of carbonyl (C=O) groups excluding carboxylic acids is 3. The molecule has 35 heavy (non-hydrogen) atoms. The first kappa shape index (κ1) is 44.6. The van der Waals surface area contributed by atoms with Crippen LogP contribution in [0.1, 0.15) is 0 Å². The number of carboxylic acid groups (broad SMARTS) is 6. The minimum absolute atomic E-state index is 0. The van der Waals surface area contributed by atoms with Gasteiger partial charge in [-0.25, -0.2) is 0 Å². The van der Waals surface area contributed by atoms with Crippen LogP contribution >= 0.6 is 0 Å². The molecule has 19 heteroatoms. The zero-order valence-corrected chi connectivity index (χ0v) is 25.9. The summed E-state index contributed by atoms with van der Waals surface area (Å²) in [5, 5.41) is 64.8. The number of hydrogen-bond donors (Lipinski definition) is 4. The Kier molecular flexibility index (Phi) is 34.1. The molecule has 0 fully saturated rings. The van der Waals surface area contributed by atoms with Gasteiger partial charge in [-0.2, -0.15) is 0 Å². The first-order valence-electron chi connectivity index (χ1n) is 8.79. The van der Waals surface area contributed by atoms with Crippen LogP contribution in [0.5, 0.6) is 0 Å². The zero-order valence-electron chi connectivity index (χ0n) is 19.9. The molecular formula is C16H24N3Na3O13. The number of carbonyl (C=O) groups is 6. The van der Waals surface area contributed by atoms with Crippen LogP contribution in [0.3, 0.4) is 0 Å². The maximum Gasteiger partial charge on any atom is 1.00 e. The molecule has 0 amide bonds. The van der Waals surface area contributed by atoms with Crippen molar-refractivity contribution >= 4 is 35.8 Å². The Bertz CT molecular complexity index is 616. The Morgan fingerprint density at radius 3 is 1.03 bits per heavy atom. The van der Waals surface area contributed by atoms with Crippen LogP contribution in [-0.2, 0) is 28.8 Å². The van der Waals surface area contributed by atoms with E-state index in [9.17, 15) is 44.1 Å². The van der Waals surface area contributed by atoms with E-state index in [1.807, 2.05) is 0 Å². The minimum Gasteiger partial charge on any atom is -0.549 e. The molecule has 0 rings (SSSR count). The predicted molar refractivity (Wildman–Crippen MR) is 94.3 cm³/mol. The van der Waals surface area contributed by atoms with Crippen molar-refractivity contribution < 1.29 is 153 Å². The SMILES string of the molecule is O=C(O)CN(CC(=O)O)CC(=O)O.O=C([O-])CN(CCO)CCN(CC(=O)[O-])CC(=O)[O-].[Na+].[Na+].[Na+]. The summed E-state index contributed by atoms with van der Waals surface area (Å²) in [5.41, 5.74) is 0. The smallest absolute Gasteiger partial charge is 0.549 e. The molecule has 0 heterocycles. The maximum absolute atomic E-state index is 10.4. The molecule has 0 saturated carbocycles. The fourth-order valence-electron chi connectivity index (χ4n) is 2.20. The number of aliphatic carboxylic acids is 6. The van der Waals surface area contributed by atoms with Gasteiger partial charge in [0.25, 0.3) is 0 Å². The summed E-state index contributed by atoms with van der Waals surface area (Å²) in [6, 6.07) is 0. The predicted octanol–water partition coefficient (Wildman–Crippen LogP) is -16.6. The number of carboxylic acids is 6. The minimum atomic E-state index is -1.45. The summed E-state index contributed by atoms with van der Waals surface area (Å²) in [4.78, 5) is 64.8. The van der Waals surface area contributed by atoms with Crippen molar-refractivity contribution in [1.29, 1.82) is 0 Å². The van der Waals surface area contributed by atoms with E-state index in [2.05, 4.69) is 0 Å². The Labute approximate surface area is 266 Å². The molecule has 0 aliphatic heterocycles. The molecule has 0 unspecified atom stereocenters. The second-order valence-electron chi connectivity index (χ2n) is 6.15. The van der Waals surface area contributed by atoms with Crippen molar-refractivity contribution in [1.82, 2.24) is 14.7 Å². The quantitative estimate of drug-likeness (QED) is 0.126. The molecule has 0 aromatic heterocycles. The molecule has 184 valence electrons. The van der Waals surface area contributed by atoms with Gasteiger partial charge >= 0.3 is 107 Å². The standard InChI is InChI=1S/C10H18N2O7.C6H9NO6.3Na/c13-4-3-11(5-8(14)15)1-2-12(6-9(16)17)7-10(18)19;8-4(9)1-7(2-5(10)11)3-6(12)13;;;/h13H,1-7H2,(H,14,15)(H,16,17)(H,18,19);1-3H2,(H,8,9)(H,10,11)(H,12,13);;;/q;;3*+1/p-3. The molecule has 0 aromatic rings. The van der Waals surface area contributed by atoms with Crippen molar-refractivity contribution in [2.45, 2.75) is 0 Å². The van der Waals surface area contributed by atoms with Gasteiger partial charge in [0, 0.05) is 39.3 Å². The Morgan fingerprint density at radius 2 is 0.771 bits per heavy atom. The van der Waals surface area contributed by atoms with Crippen molar-refractivity contribution in [2.24, 2.45) is 0 Å². The van der Waals surface area contributed by atoms with E-state index in [0.717, 1.165) is 9.80 Å². The van der Waals surface area contributed by atoms with Gasteiger partial charge in [0.05, 0.1) is 44.1 Å². The summed E-state index contributed by atoms with van der Waals surface area (Å²) in [5.74, 6) is -8.03. The van der Waals surface area contributed by atoms with Gasteiger partial charge in [-0.3, -0.25) is 29.1 Å². The van der Waals surface area contributed by atoms with E-state index in [-0.39, 0.29) is 115 Å². The molecule has 16 nitrogen and oxygen atoms in total. The first-order chi connectivity index (χ1) is 14.8. The van der Waals surface area contributed by atoms with Gasteiger partial charge in [0.15, 0.2) is 0 Å². The van der Waals surface area contributed by atoms with Crippen LogP contribution in [0.25, 0.3) is 0 Å². The molecule has 0 atom stereocenters. The van der Waals surface area contributed by atoms with Gasteiger partial charge in [-0.1, -0.05) is 0 Å². The zero-order chi connectivity index (χ0) is 25.3. The molecular weight excluding hydrogens is 511 g/mol. The average molecular weight is 535 g/mol. The van der Waals surface area contributed by atoms with Gasteiger partial charge in [-0.05, 0) is 0 Å². The van der Waals surface area contributed by atoms with Crippen LogP contribution < -0.4 is 104 Å². The maximum atomic E-state index is 10.4. The summed E-state index contributed by atoms with van der Waals surface area (Å²) in [6.07, 6.45) is 0. The van der Waals surface area contributed by atoms with E-state index in [4.69, 9.17) is 20.4 Å². The summed E-state index contributed by atoms with van der Waals surface area (Å²) in [6.45, 7) is -3.63. The second-order valence-corrected chi connectivity index (χ2v) is 6.15. The van der Waals surface area contributed by atoms with Gasteiger partial charge in [0.2, 0.25) is 0 Å². The Balaban J connectivity index is -0.000000167. The van der Waals surface area contributed by atoms with E-state index >= 15 is 0 Å². The molecule has 0 bridgehead atoms. The van der Waals surface area contributed by atoms with Crippen LogP contribution in [0.4, 0.5) is 0 Å². The number of hydrogen-bond acceptors (Lipinski definition) is 13. The van der Waals surface area contributed by atoms with Crippen LogP contribution in [0, 0.1) is 0 Å². The third kappa shape index (κ3) is 33.7. The molecule has 0 aliphatic carbocycles. The fraction of sp³-hybridized carbons (Fsp3) is 0.625. The van der Waals surface area contributed by atoms with Crippen molar-refractivity contribution in [2.75, 3.05) is 65.5 Å². The number of aliphatic hydroxyl groups excluding tert-OH is 1. The largest absolute Gasteiger partial charge is 1.00 e. The van der Waals surface area contributed by atoms with Crippen molar-refractivity contribution in [3.8, 4) is 0 Å². The molecule has 0 radical (unpaired) electrons. The molecule has 0 aliphatic rings. The van der Waals surface area contributed by atoms with Crippen molar-refractivity contribution in [3.63, 3.8) is 0 Å². The Hall–Kier alpha value is -0.340. The molecule has 0 spiro atoms. The third-order valence-electron chi connectivity index (χ3n) is 3.28. The molecule has 0 aromatic carbocycles. The van der Waals surface area contributed by atoms with Gasteiger partial charge in [0.1, 0.15) is 0 Å². The summed E-state index contributed by atoms with van der Waals surface area (Å²) < 4.78 is 0. The first-order valence-corrected chi connectivity index (χ1v) is 8.79. The normalized spacial score (nSPS) is 9.60. The average Bonchev–Trinajstić information content (AvgIpc) is 2.57. The van der Waals surface area contributed by atoms with E-state index < -0.39 is 75.1 Å². The van der Waals surface area contributed by atoms with Gasteiger partial charge < -0.3 is 50.1 Å². The van der Waals surface area contributed by atoms with E-state index in [0.29, 0.717) is 0 Å². The van der Waals surface area contributed by atoms with Crippen LogP contribution in [-0.4, -0.2) is 136 Å². The third-order valence-corrected chi connectivity index (χ3v) is 3.28. The summed E-state index contributed by atoms with van der Waals surface area (Å²) >= 11 is 0. The van der Waals surface area contributed by atoms with Crippen molar-refractivity contribution in [3.05, 3.63) is 0 Å². The van der Waals surface area contributed by atoms with Crippen LogP contribution in [0.2, 0.25) is 0 Å². The number of rotatable bonds is 17. The number of nitrogens with zero attached hydrogens (tertiary/aromatic N) is 3. The molecule has 0 saturated heterocycles. The summed E-state index contributed by atoms with van der Waals surface area (Å²) in [7, 11) is 0. The second kappa shape index (κ2) is 26.7. The van der Waals surface area contributed by atoms with E-state index in [1.54, 1.807) is 0 Å². The number of aliphatic hydroxyl groups is 1. The Morgan fingerprint density at radius 1 is 0.486 bits per heavy atom. The van der Waals surface area contributed by atoms with E-state index in [1.165, 1.54) is 4.90 Å². The van der Waals surface area contributed by atoms with Gasteiger partial charge in [-0.15, -0.1) is 0 Å². The monoisotopic (exact) mass is 535 g/mol. The van der Waals surface area contributed by atoms with Crippen LogP contribution in [0.15, 0.2) is 0 Å². The fourth-order valence-corrected chi connectivity index (χ4v) is 2.20. The molecule has 4 N–H and O–H groups in total.